The number of aliphatic hydroxyl groups is 3. The van der Waals surface area contributed by atoms with Gasteiger partial charge in [-0.1, -0.05) is 0 Å². The summed E-state index contributed by atoms with van der Waals surface area (Å²) in [6.45, 7) is -0.740. The van der Waals surface area contributed by atoms with Crippen LogP contribution in [-0.4, -0.2) is 121 Å². The Morgan fingerprint density at radius 2 is 1.61 bits per heavy atom. The molecule has 4 aromatic rings. The van der Waals surface area contributed by atoms with Crippen LogP contribution in [0.15, 0.2) is 23.8 Å². The van der Waals surface area contributed by atoms with Crippen molar-refractivity contribution in [3.8, 4) is 0 Å². The highest BCUT2D eigenvalue weighted by Gasteiger charge is 2.51. The zero-order chi connectivity index (χ0) is 33.1. The summed E-state index contributed by atoms with van der Waals surface area (Å²) in [6, 6.07) is 0. The first-order chi connectivity index (χ1) is 21.7. The SMILES string of the molecule is CP(=O)(O)O[C@@H]1[C@H](O)[C@@H](COP(=O)(O)O[C@H]2[C@@H](O)[C@H](n3cnc4c(N)ncnc43)O[C@@H]2CO)O[C@H]1n1cnc2c(=O)[nH]c(N)nc21. The summed E-state index contributed by atoms with van der Waals surface area (Å²) in [6.07, 6.45) is -8.68. The fourth-order valence-corrected chi connectivity index (χ4v) is 6.83. The van der Waals surface area contributed by atoms with Crippen LogP contribution in [0.5, 0.6) is 0 Å². The molecular formula is C21H28N10O13P2. The molecule has 2 aliphatic rings. The molecule has 46 heavy (non-hydrogen) atoms. The van der Waals surface area contributed by atoms with Gasteiger partial charge in [0.25, 0.3) is 5.56 Å². The van der Waals surface area contributed by atoms with Crippen molar-refractivity contribution in [2.45, 2.75) is 49.1 Å². The first-order valence-electron chi connectivity index (χ1n) is 13.2. The molecule has 0 radical (unpaired) electrons. The number of H-pyrrole nitrogens is 1. The van der Waals surface area contributed by atoms with Gasteiger partial charge in [-0.05, 0) is 0 Å². The minimum Gasteiger partial charge on any atom is -0.394 e. The Kier molecular flexibility index (Phi) is 8.46. The summed E-state index contributed by atoms with van der Waals surface area (Å²) in [4.78, 5) is 54.9. The summed E-state index contributed by atoms with van der Waals surface area (Å²) < 4.78 is 54.5. The number of rotatable bonds is 10. The molecule has 2 saturated heterocycles. The molecule has 10 N–H and O–H groups in total. The quantitative estimate of drug-likeness (QED) is 0.0787. The van der Waals surface area contributed by atoms with E-state index in [9.17, 15) is 39.0 Å². The molecule has 0 saturated carbocycles. The molecular weight excluding hydrogens is 662 g/mol. The van der Waals surface area contributed by atoms with Gasteiger partial charge in [0.05, 0.1) is 25.9 Å². The van der Waals surface area contributed by atoms with Crippen LogP contribution in [0.4, 0.5) is 11.8 Å². The number of aromatic nitrogens is 8. The highest BCUT2D eigenvalue weighted by atomic mass is 31.2. The van der Waals surface area contributed by atoms with Gasteiger partial charge in [0.1, 0.15) is 48.5 Å². The molecule has 0 bridgehead atoms. The van der Waals surface area contributed by atoms with Crippen molar-refractivity contribution in [3.05, 3.63) is 29.3 Å². The number of nitrogens with one attached hydrogen (secondary N) is 1. The lowest BCUT2D eigenvalue weighted by atomic mass is 10.1. The number of phosphoric ester groups is 1. The third-order valence-electron chi connectivity index (χ3n) is 7.16. The van der Waals surface area contributed by atoms with Crippen LogP contribution >= 0.6 is 15.4 Å². The highest BCUT2D eigenvalue weighted by Crippen LogP contribution is 2.50. The predicted octanol–water partition coefficient (Wildman–Crippen LogP) is -2.66. The normalized spacial score (nSPS) is 31.0. The lowest BCUT2D eigenvalue weighted by molar-refractivity contribution is -0.0577. The second-order valence-corrected chi connectivity index (χ2v) is 13.6. The van der Waals surface area contributed by atoms with Crippen molar-refractivity contribution in [2.24, 2.45) is 0 Å². The van der Waals surface area contributed by atoms with Crippen molar-refractivity contribution in [3.63, 3.8) is 0 Å². The van der Waals surface area contributed by atoms with Crippen LogP contribution in [0.2, 0.25) is 0 Å². The minimum absolute atomic E-state index is 0.0539. The van der Waals surface area contributed by atoms with Crippen molar-refractivity contribution in [1.29, 1.82) is 0 Å². The summed E-state index contributed by atoms with van der Waals surface area (Å²) >= 11 is 0. The zero-order valence-corrected chi connectivity index (χ0v) is 25.2. The zero-order valence-electron chi connectivity index (χ0n) is 23.4. The van der Waals surface area contributed by atoms with Crippen molar-refractivity contribution in [2.75, 3.05) is 31.3 Å². The summed E-state index contributed by atoms with van der Waals surface area (Å²) in [5, 5.41) is 31.8. The molecule has 2 unspecified atom stereocenters. The average molecular weight is 690 g/mol. The minimum atomic E-state index is -5.11. The van der Waals surface area contributed by atoms with E-state index in [0.717, 1.165) is 23.9 Å². The number of anilines is 2. The Hall–Kier alpha value is -3.44. The van der Waals surface area contributed by atoms with E-state index in [1.165, 1.54) is 10.9 Å². The molecule has 0 aromatic carbocycles. The number of hydrogen-bond donors (Lipinski definition) is 8. The molecule has 4 aromatic heterocycles. The third kappa shape index (κ3) is 6.03. The van der Waals surface area contributed by atoms with E-state index in [1.54, 1.807) is 0 Å². The van der Waals surface area contributed by atoms with E-state index in [0.29, 0.717) is 0 Å². The Labute approximate surface area is 255 Å². The third-order valence-corrected chi connectivity index (χ3v) is 8.78. The van der Waals surface area contributed by atoms with E-state index in [-0.39, 0.29) is 34.1 Å². The fraction of sp³-hybridized carbons (Fsp3) is 0.524. The molecule has 0 amide bonds. The van der Waals surface area contributed by atoms with Gasteiger partial charge in [-0.3, -0.25) is 37.0 Å². The fourth-order valence-electron chi connectivity index (χ4n) is 5.18. The number of imidazole rings is 2. The van der Waals surface area contributed by atoms with Gasteiger partial charge >= 0.3 is 15.4 Å². The maximum Gasteiger partial charge on any atom is 0.472 e. The monoisotopic (exact) mass is 690 g/mol. The first kappa shape index (κ1) is 32.5. The molecule has 6 heterocycles. The van der Waals surface area contributed by atoms with Crippen LogP contribution < -0.4 is 17.0 Å². The van der Waals surface area contributed by atoms with Crippen molar-refractivity contribution < 1.29 is 57.3 Å². The number of aromatic amines is 1. The number of nitrogens with two attached hydrogens (primary N) is 2. The van der Waals surface area contributed by atoms with Crippen LogP contribution in [0.1, 0.15) is 12.5 Å². The van der Waals surface area contributed by atoms with Gasteiger partial charge in [-0.2, -0.15) is 4.98 Å². The number of hydrogen-bond acceptors (Lipinski definition) is 18. The Balaban J connectivity index is 1.19. The smallest absolute Gasteiger partial charge is 0.394 e. The number of fused-ring (bicyclic) bond motifs is 2. The van der Waals surface area contributed by atoms with Crippen LogP contribution in [-0.2, 0) is 32.2 Å². The lowest BCUT2D eigenvalue weighted by Crippen LogP contribution is -2.37. The van der Waals surface area contributed by atoms with Crippen LogP contribution in [0.3, 0.4) is 0 Å². The van der Waals surface area contributed by atoms with Gasteiger partial charge in [0, 0.05) is 6.66 Å². The number of ether oxygens (including phenoxy) is 2. The topological polar surface area (TPSA) is 341 Å². The summed E-state index contributed by atoms with van der Waals surface area (Å²) in [7, 11) is -9.39. The highest BCUT2D eigenvalue weighted by molar-refractivity contribution is 7.51. The Bertz CT molecular complexity index is 1910. The van der Waals surface area contributed by atoms with Gasteiger partial charge in [-0.15, -0.1) is 0 Å². The molecule has 25 heteroatoms. The number of nitrogens with zero attached hydrogens (tertiary/aromatic N) is 7. The molecule has 0 aliphatic carbocycles. The van der Waals surface area contributed by atoms with E-state index < -0.39 is 83.3 Å². The maximum absolute atomic E-state index is 13.0. The molecule has 6 rings (SSSR count). The predicted molar refractivity (Wildman–Crippen MR) is 150 cm³/mol. The second kappa shape index (κ2) is 12.0. The van der Waals surface area contributed by atoms with E-state index >= 15 is 0 Å². The number of nitrogen functional groups attached to an aromatic ring is 2. The molecule has 10 atom stereocenters. The average Bonchev–Trinajstić information content (AvgIpc) is 3.73. The second-order valence-electron chi connectivity index (χ2n) is 10.4. The van der Waals surface area contributed by atoms with Crippen molar-refractivity contribution >= 4 is 49.5 Å². The largest absolute Gasteiger partial charge is 0.472 e. The number of aliphatic hydroxyl groups excluding tert-OH is 3. The van der Waals surface area contributed by atoms with Crippen molar-refractivity contribution in [1.82, 2.24) is 39.0 Å². The number of phosphoric acid groups is 1. The molecule has 0 spiro atoms. The van der Waals surface area contributed by atoms with Crippen LogP contribution in [0.25, 0.3) is 22.3 Å². The summed E-state index contributed by atoms with van der Waals surface area (Å²) in [5.74, 6) is -0.227. The Morgan fingerprint density at radius 3 is 2.30 bits per heavy atom. The lowest BCUT2D eigenvalue weighted by Gasteiger charge is -2.24. The maximum atomic E-state index is 13.0. The van der Waals surface area contributed by atoms with Gasteiger partial charge in [0.2, 0.25) is 5.95 Å². The molecule has 2 aliphatic heterocycles. The molecule has 23 nitrogen and oxygen atoms in total. The van der Waals surface area contributed by atoms with E-state index in [4.69, 9.17) is 34.5 Å². The molecule has 250 valence electrons. The van der Waals surface area contributed by atoms with Crippen LogP contribution in [0, 0.1) is 0 Å². The Morgan fingerprint density at radius 1 is 0.935 bits per heavy atom. The van der Waals surface area contributed by atoms with E-state index in [2.05, 4.69) is 29.9 Å². The summed E-state index contributed by atoms with van der Waals surface area (Å²) in [5.41, 5.74) is 10.8. The van der Waals surface area contributed by atoms with Gasteiger partial charge in [-0.25, -0.2) is 24.5 Å². The standard InChI is InChI=1S/C21H28N10O13P2/c1-45(36,37)43-14-11(33)8(42-20(14)31-6-27-10-17(31)28-21(23)29-18(10)35)3-40-46(38,39)44-13-7(2-32)41-19(12(13)34)30-5-26-9-15(22)24-4-25-16(9)30/h4-8,11-14,19-20,32-34H,2-3H2,1H3,(H,36,37)(H,38,39)(H2,22,24,25)(H3,23,28,29,35)/t7-,8-,11-,12-,13-,14-,19-,20-/m1/s1. The molecule has 2 fully saturated rings. The van der Waals surface area contributed by atoms with E-state index in [1.807, 2.05) is 0 Å². The van der Waals surface area contributed by atoms with Gasteiger partial charge < -0.3 is 46.0 Å². The first-order valence-corrected chi connectivity index (χ1v) is 16.8. The van der Waals surface area contributed by atoms with Gasteiger partial charge in [0.15, 0.2) is 35.1 Å².